The van der Waals surface area contributed by atoms with Crippen LogP contribution >= 0.6 is 0 Å². The molecule has 2 heteroatoms. The maximum Gasteiger partial charge on any atom is 0.164 e. The lowest BCUT2D eigenvalue weighted by molar-refractivity contribution is -0.143. The quantitative estimate of drug-likeness (QED) is 0.735. The van der Waals surface area contributed by atoms with E-state index < -0.39 is 5.79 Å². The summed E-state index contributed by atoms with van der Waals surface area (Å²) in [6.07, 6.45) is 5.41. The third-order valence-electron chi connectivity index (χ3n) is 3.46. The second-order valence-electron chi connectivity index (χ2n) is 5.20. The van der Waals surface area contributed by atoms with Crippen LogP contribution in [0.2, 0.25) is 0 Å². The van der Waals surface area contributed by atoms with Crippen LogP contribution in [0.4, 0.5) is 0 Å². The molecule has 1 saturated heterocycles. The van der Waals surface area contributed by atoms with E-state index in [0.29, 0.717) is 0 Å². The van der Waals surface area contributed by atoms with E-state index in [2.05, 4.69) is 37.3 Å². The predicted octanol–water partition coefficient (Wildman–Crippen LogP) is 3.47. The number of hydrogen-bond donors (Lipinski definition) is 0. The summed E-state index contributed by atoms with van der Waals surface area (Å²) in [6, 6.07) is 6.61. The van der Waals surface area contributed by atoms with Crippen LogP contribution in [-0.4, -0.2) is 11.9 Å². The Hall–Kier alpha value is -1.12. The first-order valence-electron chi connectivity index (χ1n) is 6.26. The van der Waals surface area contributed by atoms with Gasteiger partial charge < -0.3 is 9.47 Å². The van der Waals surface area contributed by atoms with E-state index in [4.69, 9.17) is 9.47 Å². The standard InChI is InChI=1S/C15H18O2/c1-4-10-5-6-11-7-8-13-14(12(11)9-10)17-15(2,3)16-13/h5-9,13-14H,4H2,1-3H3/t13-,14+/m0/s1. The van der Waals surface area contributed by atoms with Gasteiger partial charge >= 0.3 is 0 Å². The molecule has 17 heavy (non-hydrogen) atoms. The molecule has 0 aromatic heterocycles. The van der Waals surface area contributed by atoms with Gasteiger partial charge in [0.2, 0.25) is 0 Å². The number of rotatable bonds is 1. The monoisotopic (exact) mass is 230 g/mol. The average molecular weight is 230 g/mol. The molecule has 0 unspecified atom stereocenters. The lowest BCUT2D eigenvalue weighted by Gasteiger charge is -2.21. The molecule has 0 spiro atoms. The molecular formula is C15H18O2. The van der Waals surface area contributed by atoms with E-state index >= 15 is 0 Å². The maximum absolute atomic E-state index is 6.01. The summed E-state index contributed by atoms with van der Waals surface area (Å²) in [6.45, 7) is 6.12. The molecule has 1 fully saturated rings. The third-order valence-corrected chi connectivity index (χ3v) is 3.46. The fraction of sp³-hybridized carbons (Fsp3) is 0.467. The summed E-state index contributed by atoms with van der Waals surface area (Å²) in [5.74, 6) is -0.483. The molecule has 2 nitrogen and oxygen atoms in total. The largest absolute Gasteiger partial charge is 0.340 e. The lowest BCUT2D eigenvalue weighted by atomic mass is 9.91. The summed E-state index contributed by atoms with van der Waals surface area (Å²) in [5.41, 5.74) is 3.87. The highest BCUT2D eigenvalue weighted by Crippen LogP contribution is 2.43. The van der Waals surface area contributed by atoms with Crippen LogP contribution in [-0.2, 0) is 15.9 Å². The van der Waals surface area contributed by atoms with E-state index in [1.54, 1.807) is 0 Å². The normalized spacial score (nSPS) is 28.9. The molecule has 0 saturated carbocycles. The topological polar surface area (TPSA) is 18.5 Å². The highest BCUT2D eigenvalue weighted by atomic mass is 16.7. The minimum absolute atomic E-state index is 0.0523. The average Bonchev–Trinajstić information content (AvgIpc) is 2.63. The fourth-order valence-corrected chi connectivity index (χ4v) is 2.61. The maximum atomic E-state index is 6.01. The molecule has 1 aromatic rings. The zero-order valence-electron chi connectivity index (χ0n) is 10.6. The van der Waals surface area contributed by atoms with Gasteiger partial charge in [-0.25, -0.2) is 0 Å². The van der Waals surface area contributed by atoms with Gasteiger partial charge in [-0.05, 0) is 37.0 Å². The molecule has 0 bridgehead atoms. The molecule has 1 aromatic carbocycles. The van der Waals surface area contributed by atoms with Crippen molar-refractivity contribution in [3.63, 3.8) is 0 Å². The summed E-state index contributed by atoms with van der Waals surface area (Å²) >= 11 is 0. The van der Waals surface area contributed by atoms with E-state index in [1.165, 1.54) is 16.7 Å². The van der Waals surface area contributed by atoms with Crippen molar-refractivity contribution in [1.29, 1.82) is 0 Å². The van der Waals surface area contributed by atoms with Gasteiger partial charge in [-0.2, -0.15) is 0 Å². The summed E-state index contributed by atoms with van der Waals surface area (Å²) < 4.78 is 11.9. The Morgan fingerprint density at radius 3 is 2.82 bits per heavy atom. The van der Waals surface area contributed by atoms with Gasteiger partial charge in [0.15, 0.2) is 5.79 Å². The van der Waals surface area contributed by atoms with Gasteiger partial charge in [0, 0.05) is 0 Å². The number of aryl methyl sites for hydroxylation is 1. The van der Waals surface area contributed by atoms with Crippen molar-refractivity contribution in [3.05, 3.63) is 41.0 Å². The van der Waals surface area contributed by atoms with Crippen LogP contribution in [0.3, 0.4) is 0 Å². The fourth-order valence-electron chi connectivity index (χ4n) is 2.61. The Morgan fingerprint density at radius 2 is 2.06 bits per heavy atom. The zero-order valence-corrected chi connectivity index (χ0v) is 10.6. The first-order chi connectivity index (χ1) is 8.09. The second kappa shape index (κ2) is 3.69. The van der Waals surface area contributed by atoms with Gasteiger partial charge in [0.1, 0.15) is 12.2 Å². The summed E-state index contributed by atoms with van der Waals surface area (Å²) in [4.78, 5) is 0. The molecule has 3 rings (SSSR count). The van der Waals surface area contributed by atoms with Crippen molar-refractivity contribution in [1.82, 2.24) is 0 Å². The smallest absolute Gasteiger partial charge is 0.164 e. The molecule has 0 radical (unpaired) electrons. The van der Waals surface area contributed by atoms with Crippen LogP contribution < -0.4 is 0 Å². The van der Waals surface area contributed by atoms with E-state index in [0.717, 1.165) is 6.42 Å². The molecule has 1 heterocycles. The van der Waals surface area contributed by atoms with Crippen molar-refractivity contribution in [2.45, 2.75) is 45.2 Å². The molecular weight excluding hydrogens is 212 g/mol. The van der Waals surface area contributed by atoms with Crippen LogP contribution in [0.5, 0.6) is 0 Å². The Kier molecular flexibility index (Phi) is 2.39. The van der Waals surface area contributed by atoms with Crippen LogP contribution in [0.25, 0.3) is 6.08 Å². The van der Waals surface area contributed by atoms with Crippen molar-refractivity contribution in [2.24, 2.45) is 0 Å². The van der Waals surface area contributed by atoms with Gasteiger partial charge in [-0.1, -0.05) is 37.3 Å². The lowest BCUT2D eigenvalue weighted by Crippen LogP contribution is -2.20. The first kappa shape index (κ1) is 11.0. The van der Waals surface area contributed by atoms with Crippen LogP contribution in [0.1, 0.15) is 43.6 Å². The Morgan fingerprint density at radius 1 is 1.24 bits per heavy atom. The van der Waals surface area contributed by atoms with Crippen molar-refractivity contribution in [3.8, 4) is 0 Å². The van der Waals surface area contributed by atoms with E-state index in [-0.39, 0.29) is 12.2 Å². The van der Waals surface area contributed by atoms with Crippen molar-refractivity contribution < 1.29 is 9.47 Å². The zero-order chi connectivity index (χ0) is 12.0. The molecule has 0 N–H and O–H groups in total. The van der Waals surface area contributed by atoms with Gasteiger partial charge in [0.25, 0.3) is 0 Å². The van der Waals surface area contributed by atoms with Crippen LogP contribution in [0, 0.1) is 0 Å². The number of benzene rings is 1. The van der Waals surface area contributed by atoms with Crippen molar-refractivity contribution >= 4 is 6.08 Å². The SMILES string of the molecule is CCc1ccc2c(c1)[C@H]1OC(C)(C)O[C@H]1C=C2. The Labute approximate surface area is 102 Å². The van der Waals surface area contributed by atoms with Crippen molar-refractivity contribution in [2.75, 3.05) is 0 Å². The van der Waals surface area contributed by atoms with Crippen LogP contribution in [0.15, 0.2) is 24.3 Å². The molecule has 2 atom stereocenters. The minimum Gasteiger partial charge on any atom is -0.340 e. The summed E-state index contributed by atoms with van der Waals surface area (Å²) in [7, 11) is 0. The molecule has 1 aliphatic heterocycles. The molecule has 2 aliphatic rings. The molecule has 90 valence electrons. The van der Waals surface area contributed by atoms with E-state index in [1.807, 2.05) is 13.8 Å². The van der Waals surface area contributed by atoms with Gasteiger partial charge in [0.05, 0.1) is 0 Å². The van der Waals surface area contributed by atoms with Gasteiger partial charge in [-0.3, -0.25) is 0 Å². The molecule has 1 aliphatic carbocycles. The number of hydrogen-bond acceptors (Lipinski definition) is 2. The highest BCUT2D eigenvalue weighted by molar-refractivity contribution is 5.59. The Balaban J connectivity index is 2.04. The predicted molar refractivity (Wildman–Crippen MR) is 67.6 cm³/mol. The van der Waals surface area contributed by atoms with E-state index in [9.17, 15) is 0 Å². The minimum atomic E-state index is -0.483. The Bertz CT molecular complexity index is 474. The highest BCUT2D eigenvalue weighted by Gasteiger charge is 2.42. The summed E-state index contributed by atoms with van der Waals surface area (Å²) in [5, 5.41) is 0. The number of ether oxygens (including phenoxy) is 2. The second-order valence-corrected chi connectivity index (χ2v) is 5.20. The van der Waals surface area contributed by atoms with Gasteiger partial charge in [-0.15, -0.1) is 0 Å². The third kappa shape index (κ3) is 1.81. The first-order valence-corrected chi connectivity index (χ1v) is 6.26. The molecule has 0 amide bonds. The number of fused-ring (bicyclic) bond motifs is 3.